The summed E-state index contributed by atoms with van der Waals surface area (Å²) in [5, 5.41) is 11.1. The molecule has 0 saturated heterocycles. The van der Waals surface area contributed by atoms with Gasteiger partial charge in [0.2, 0.25) is 0 Å². The molecule has 0 aliphatic heterocycles. The van der Waals surface area contributed by atoms with Crippen LogP contribution in [-0.4, -0.2) is 12.6 Å². The fraction of sp³-hybridized carbons (Fsp3) is 0.438. The summed E-state index contributed by atoms with van der Waals surface area (Å²) in [4.78, 5) is 10.3. The van der Waals surface area contributed by atoms with Crippen LogP contribution in [0.1, 0.15) is 38.2 Å². The van der Waals surface area contributed by atoms with Crippen molar-refractivity contribution in [3.63, 3.8) is 0 Å². The van der Waals surface area contributed by atoms with Gasteiger partial charge in [-0.3, -0.25) is 0 Å². The van der Waals surface area contributed by atoms with Crippen molar-refractivity contribution in [1.29, 1.82) is 0 Å². The van der Waals surface area contributed by atoms with Crippen LogP contribution in [0.3, 0.4) is 0 Å². The first-order valence-corrected chi connectivity index (χ1v) is 7.67. The van der Waals surface area contributed by atoms with Crippen LogP contribution in [0.4, 0.5) is 0 Å². The first-order valence-electron chi connectivity index (χ1n) is 6.91. The Balaban J connectivity index is 0.00000441. The predicted molar refractivity (Wildman–Crippen MR) is 84.0 cm³/mol. The van der Waals surface area contributed by atoms with Crippen molar-refractivity contribution in [3.8, 4) is 5.75 Å². The molecule has 0 saturated carbocycles. The number of carboxylic acid groups (broad SMARTS) is 1. The Morgan fingerprint density at radius 3 is 2.55 bits per heavy atom. The zero-order valence-corrected chi connectivity index (χ0v) is 16.6. The maximum absolute atomic E-state index is 10.3. The number of halogens is 2. The van der Waals surface area contributed by atoms with Gasteiger partial charge in [0.1, 0.15) is 10.8 Å². The van der Waals surface area contributed by atoms with Crippen molar-refractivity contribution in [2.24, 2.45) is 0 Å². The van der Waals surface area contributed by atoms with Crippen LogP contribution >= 0.6 is 23.2 Å². The number of carbonyl (C=O) groups excluding carboxylic acids is 1. The molecule has 0 N–H and O–H groups in total. The number of hydrogen-bond acceptors (Lipinski definition) is 3. The second-order valence-electron chi connectivity index (χ2n) is 4.85. The molecular weight excluding hydrogens is 334 g/mol. The van der Waals surface area contributed by atoms with Gasteiger partial charge in [0, 0.05) is 5.97 Å². The van der Waals surface area contributed by atoms with Crippen LogP contribution in [0.25, 0.3) is 0 Å². The molecule has 0 bridgehead atoms. The molecular formula is C16H19Cl2NaO3. The molecule has 6 heteroatoms. The Bertz CT molecular complexity index is 518. The SMILES string of the molecule is C=C(CCC)Cc1ccc(OCCCC(=O)[O-])c(Cl)c1Cl.[Na+]. The van der Waals surface area contributed by atoms with E-state index in [0.717, 1.165) is 24.0 Å². The number of ether oxygens (including phenoxy) is 1. The minimum Gasteiger partial charge on any atom is -0.550 e. The van der Waals surface area contributed by atoms with E-state index in [4.69, 9.17) is 27.9 Å². The number of allylic oxidation sites excluding steroid dienone is 1. The van der Waals surface area contributed by atoms with E-state index in [1.807, 2.05) is 6.07 Å². The van der Waals surface area contributed by atoms with Gasteiger partial charge in [0.05, 0.1) is 11.6 Å². The van der Waals surface area contributed by atoms with Crippen molar-refractivity contribution in [1.82, 2.24) is 0 Å². The van der Waals surface area contributed by atoms with E-state index < -0.39 is 5.97 Å². The van der Waals surface area contributed by atoms with Gasteiger partial charge in [0.25, 0.3) is 0 Å². The molecule has 0 radical (unpaired) electrons. The number of carbonyl (C=O) groups is 1. The average molecular weight is 353 g/mol. The van der Waals surface area contributed by atoms with Crippen LogP contribution < -0.4 is 39.4 Å². The topological polar surface area (TPSA) is 49.4 Å². The summed E-state index contributed by atoms with van der Waals surface area (Å²) in [7, 11) is 0. The molecule has 0 aliphatic carbocycles. The molecule has 116 valence electrons. The number of rotatable bonds is 9. The van der Waals surface area contributed by atoms with Gasteiger partial charge in [-0.2, -0.15) is 0 Å². The second kappa shape index (κ2) is 11.4. The van der Waals surface area contributed by atoms with Crippen LogP contribution in [-0.2, 0) is 11.2 Å². The summed E-state index contributed by atoms with van der Waals surface area (Å²) in [5.41, 5.74) is 2.03. The molecule has 0 fully saturated rings. The molecule has 1 aromatic carbocycles. The fourth-order valence-corrected chi connectivity index (χ4v) is 2.39. The normalized spacial score (nSPS) is 9.95. The van der Waals surface area contributed by atoms with Crippen molar-refractivity contribution in [3.05, 3.63) is 39.9 Å². The third-order valence-electron chi connectivity index (χ3n) is 2.95. The Labute approximate surface area is 163 Å². The molecule has 0 aromatic heterocycles. The maximum Gasteiger partial charge on any atom is 1.00 e. The quantitative estimate of drug-likeness (QED) is 0.375. The zero-order chi connectivity index (χ0) is 15.8. The van der Waals surface area contributed by atoms with Gasteiger partial charge in [-0.25, -0.2) is 0 Å². The number of carboxylic acids is 1. The van der Waals surface area contributed by atoms with Crippen LogP contribution in [0.2, 0.25) is 10.0 Å². The Morgan fingerprint density at radius 2 is 1.95 bits per heavy atom. The fourth-order valence-electron chi connectivity index (χ4n) is 1.93. The molecule has 3 nitrogen and oxygen atoms in total. The van der Waals surface area contributed by atoms with Crippen molar-refractivity contribution >= 4 is 29.2 Å². The van der Waals surface area contributed by atoms with Gasteiger partial charge in [-0.1, -0.05) is 54.8 Å². The molecule has 1 rings (SSSR count). The monoisotopic (exact) mass is 352 g/mol. The van der Waals surface area contributed by atoms with E-state index >= 15 is 0 Å². The Kier molecular flexibility index (Phi) is 11.3. The summed E-state index contributed by atoms with van der Waals surface area (Å²) < 4.78 is 5.45. The summed E-state index contributed by atoms with van der Waals surface area (Å²) in [6.45, 7) is 6.37. The number of aliphatic carboxylic acids is 1. The molecule has 0 unspecified atom stereocenters. The van der Waals surface area contributed by atoms with E-state index in [1.165, 1.54) is 0 Å². The van der Waals surface area contributed by atoms with E-state index in [1.54, 1.807) is 6.07 Å². The molecule has 0 spiro atoms. The van der Waals surface area contributed by atoms with Gasteiger partial charge < -0.3 is 14.6 Å². The summed E-state index contributed by atoms with van der Waals surface area (Å²) in [5.74, 6) is -0.627. The molecule has 22 heavy (non-hydrogen) atoms. The smallest absolute Gasteiger partial charge is 0.550 e. The molecule has 0 aliphatic rings. The van der Waals surface area contributed by atoms with Gasteiger partial charge in [-0.15, -0.1) is 0 Å². The third-order valence-corrected chi connectivity index (χ3v) is 3.86. The van der Waals surface area contributed by atoms with Crippen molar-refractivity contribution < 1.29 is 44.2 Å². The van der Waals surface area contributed by atoms with E-state index in [-0.39, 0.29) is 42.6 Å². The standard InChI is InChI=1S/C16H20Cl2O3.Na/c1-3-5-11(2)10-12-7-8-13(16(18)15(12)17)21-9-4-6-14(19)20;/h7-8H,2-6,9-10H2,1H3,(H,19,20);/q;+1/p-1. The number of hydrogen-bond donors (Lipinski definition) is 0. The molecule has 0 heterocycles. The van der Waals surface area contributed by atoms with Gasteiger partial charge >= 0.3 is 29.6 Å². The van der Waals surface area contributed by atoms with E-state index in [0.29, 0.717) is 28.6 Å². The van der Waals surface area contributed by atoms with Crippen LogP contribution in [0.15, 0.2) is 24.3 Å². The molecule has 1 aromatic rings. The minimum absolute atomic E-state index is 0. The number of benzene rings is 1. The minimum atomic E-state index is -1.09. The first kappa shape index (κ1) is 21.8. The summed E-state index contributed by atoms with van der Waals surface area (Å²) >= 11 is 12.4. The maximum atomic E-state index is 10.3. The Hall–Kier alpha value is -0.190. The van der Waals surface area contributed by atoms with Crippen molar-refractivity contribution in [2.45, 2.75) is 39.0 Å². The summed E-state index contributed by atoms with van der Waals surface area (Å²) in [6, 6.07) is 3.62. The summed E-state index contributed by atoms with van der Waals surface area (Å²) in [6.07, 6.45) is 3.02. The zero-order valence-electron chi connectivity index (χ0n) is 13.1. The van der Waals surface area contributed by atoms with E-state index in [9.17, 15) is 9.90 Å². The Morgan fingerprint density at radius 1 is 1.27 bits per heavy atom. The van der Waals surface area contributed by atoms with Gasteiger partial charge in [-0.05, 0) is 37.3 Å². The average Bonchev–Trinajstić information content (AvgIpc) is 2.42. The second-order valence-corrected chi connectivity index (χ2v) is 5.61. The van der Waals surface area contributed by atoms with Crippen molar-refractivity contribution in [2.75, 3.05) is 6.61 Å². The molecule has 0 atom stereocenters. The van der Waals surface area contributed by atoms with Crippen LogP contribution in [0.5, 0.6) is 5.75 Å². The predicted octanol–water partition coefficient (Wildman–Crippen LogP) is 0.805. The van der Waals surface area contributed by atoms with E-state index in [2.05, 4.69) is 13.5 Å². The first-order chi connectivity index (χ1) is 9.95. The van der Waals surface area contributed by atoms with Gasteiger partial charge in [0.15, 0.2) is 0 Å². The molecule has 0 amide bonds. The van der Waals surface area contributed by atoms with Crippen LogP contribution in [0, 0.1) is 0 Å². The largest absolute Gasteiger partial charge is 1.00 e. The third kappa shape index (κ3) is 7.38.